The summed E-state index contributed by atoms with van der Waals surface area (Å²) in [4.78, 5) is 16.6. The minimum atomic E-state index is -0.0717. The Bertz CT molecular complexity index is 818. The van der Waals surface area contributed by atoms with Crippen LogP contribution in [0, 0.1) is 0 Å². The normalized spacial score (nSPS) is 11.1. The van der Waals surface area contributed by atoms with Crippen molar-refractivity contribution in [3.63, 3.8) is 0 Å². The van der Waals surface area contributed by atoms with Gasteiger partial charge in [0.25, 0.3) is 5.56 Å². The van der Waals surface area contributed by atoms with Crippen LogP contribution in [0.25, 0.3) is 11.0 Å². The minimum absolute atomic E-state index is 0.0717. The second-order valence-electron chi connectivity index (χ2n) is 4.70. The molecule has 0 bridgehead atoms. The third-order valence-electron chi connectivity index (χ3n) is 3.40. The van der Waals surface area contributed by atoms with Crippen LogP contribution in [0.15, 0.2) is 41.6 Å². The summed E-state index contributed by atoms with van der Waals surface area (Å²) in [5.74, 6) is 0. The molecule has 3 rings (SSSR count). The number of anilines is 1. The molecule has 0 radical (unpaired) electrons. The molecule has 6 heteroatoms. The van der Waals surface area contributed by atoms with Gasteiger partial charge in [0.1, 0.15) is 5.39 Å². The number of benzene rings is 1. The number of fused-ring (bicyclic) bond motifs is 1. The van der Waals surface area contributed by atoms with Gasteiger partial charge in [-0.1, -0.05) is 18.2 Å². The maximum atomic E-state index is 12.3. The molecule has 0 atom stereocenters. The van der Waals surface area contributed by atoms with Crippen molar-refractivity contribution in [1.82, 2.24) is 19.3 Å². The summed E-state index contributed by atoms with van der Waals surface area (Å²) in [6.45, 7) is 0.547. The lowest BCUT2D eigenvalue weighted by molar-refractivity contribution is 0.661. The molecule has 2 heterocycles. The van der Waals surface area contributed by atoms with E-state index >= 15 is 0 Å². The zero-order valence-corrected chi connectivity index (χ0v) is 11.2. The van der Waals surface area contributed by atoms with Gasteiger partial charge >= 0.3 is 0 Å². The number of rotatable bonds is 3. The van der Waals surface area contributed by atoms with E-state index in [-0.39, 0.29) is 5.56 Å². The molecule has 0 fully saturated rings. The number of para-hydroxylation sites is 1. The fourth-order valence-corrected chi connectivity index (χ4v) is 2.23. The van der Waals surface area contributed by atoms with Gasteiger partial charge in [-0.3, -0.25) is 14.0 Å². The van der Waals surface area contributed by atoms with Crippen molar-refractivity contribution >= 4 is 16.7 Å². The highest BCUT2D eigenvalue weighted by Crippen LogP contribution is 2.11. The van der Waals surface area contributed by atoms with E-state index in [4.69, 9.17) is 5.73 Å². The van der Waals surface area contributed by atoms with Crippen molar-refractivity contribution in [1.29, 1.82) is 0 Å². The van der Waals surface area contributed by atoms with Gasteiger partial charge in [-0.05, 0) is 18.1 Å². The molecule has 0 unspecified atom stereocenters. The highest BCUT2D eigenvalue weighted by Gasteiger charge is 2.08. The summed E-state index contributed by atoms with van der Waals surface area (Å²) in [6.07, 6.45) is 3.81. The molecule has 0 saturated carbocycles. The average molecular weight is 269 g/mol. The second kappa shape index (κ2) is 4.80. The van der Waals surface area contributed by atoms with E-state index in [9.17, 15) is 4.79 Å². The number of nitrogens with zero attached hydrogens (tertiary/aromatic N) is 4. The van der Waals surface area contributed by atoms with Crippen LogP contribution in [-0.2, 0) is 20.0 Å². The third-order valence-corrected chi connectivity index (χ3v) is 3.40. The number of aryl methyl sites for hydroxylation is 3. The zero-order chi connectivity index (χ0) is 14.1. The summed E-state index contributed by atoms with van der Waals surface area (Å²) >= 11 is 0. The van der Waals surface area contributed by atoms with Crippen LogP contribution in [-0.4, -0.2) is 19.3 Å². The number of hydrogen-bond donors (Lipinski definition) is 1. The van der Waals surface area contributed by atoms with Crippen LogP contribution in [0.2, 0.25) is 0 Å². The highest BCUT2D eigenvalue weighted by molar-refractivity contribution is 5.72. The molecular weight excluding hydrogens is 254 g/mol. The third kappa shape index (κ3) is 2.05. The molecule has 102 valence electrons. The van der Waals surface area contributed by atoms with Crippen molar-refractivity contribution in [3.8, 4) is 0 Å². The predicted molar refractivity (Wildman–Crippen MR) is 77.3 cm³/mol. The zero-order valence-electron chi connectivity index (χ0n) is 11.2. The number of nitrogen functional groups attached to an aromatic ring is 1. The quantitative estimate of drug-likeness (QED) is 0.718. The molecule has 2 aromatic heterocycles. The van der Waals surface area contributed by atoms with Crippen molar-refractivity contribution < 1.29 is 0 Å². The standard InChI is InChI=1S/C14H15N5O/c1-18-13-11(8-17-18)14(20)19(9-16-13)7-6-10-4-2-3-5-12(10)15/h2-5,8-9H,6-7,15H2,1H3. The van der Waals surface area contributed by atoms with Gasteiger partial charge < -0.3 is 5.73 Å². The van der Waals surface area contributed by atoms with Crippen molar-refractivity contribution in [2.24, 2.45) is 7.05 Å². The Kier molecular flexibility index (Phi) is 2.98. The molecule has 6 nitrogen and oxygen atoms in total. The first-order valence-electron chi connectivity index (χ1n) is 6.37. The molecule has 0 aliphatic rings. The van der Waals surface area contributed by atoms with Crippen LogP contribution < -0.4 is 11.3 Å². The molecule has 0 aliphatic heterocycles. The monoisotopic (exact) mass is 269 g/mol. The lowest BCUT2D eigenvalue weighted by Crippen LogP contribution is -2.21. The molecule has 0 spiro atoms. The average Bonchev–Trinajstić information content (AvgIpc) is 2.82. The van der Waals surface area contributed by atoms with Crippen LogP contribution in [0.4, 0.5) is 5.69 Å². The molecule has 2 N–H and O–H groups in total. The first kappa shape index (κ1) is 12.4. The Morgan fingerprint density at radius 2 is 2.10 bits per heavy atom. The Balaban J connectivity index is 1.90. The van der Waals surface area contributed by atoms with E-state index in [2.05, 4.69) is 10.1 Å². The van der Waals surface area contributed by atoms with Gasteiger partial charge in [0.05, 0.1) is 12.5 Å². The first-order valence-corrected chi connectivity index (χ1v) is 6.37. The molecule has 0 saturated heterocycles. The molecule has 1 aromatic carbocycles. The Morgan fingerprint density at radius 1 is 1.30 bits per heavy atom. The van der Waals surface area contributed by atoms with E-state index in [0.717, 1.165) is 11.3 Å². The van der Waals surface area contributed by atoms with E-state index < -0.39 is 0 Å². The summed E-state index contributed by atoms with van der Waals surface area (Å²) in [7, 11) is 1.77. The van der Waals surface area contributed by atoms with Gasteiger partial charge in [-0.25, -0.2) is 4.98 Å². The van der Waals surface area contributed by atoms with E-state index in [1.807, 2.05) is 24.3 Å². The van der Waals surface area contributed by atoms with Crippen LogP contribution in [0.5, 0.6) is 0 Å². The van der Waals surface area contributed by atoms with Crippen molar-refractivity contribution in [3.05, 3.63) is 52.7 Å². The van der Waals surface area contributed by atoms with Gasteiger partial charge in [0.2, 0.25) is 0 Å². The fraction of sp³-hybridized carbons (Fsp3) is 0.214. The summed E-state index contributed by atoms with van der Waals surface area (Å²) in [5, 5.41) is 4.59. The predicted octanol–water partition coefficient (Wildman–Crippen LogP) is 0.955. The number of aromatic nitrogens is 4. The number of hydrogen-bond acceptors (Lipinski definition) is 4. The largest absolute Gasteiger partial charge is 0.399 e. The van der Waals surface area contributed by atoms with Crippen LogP contribution in [0.3, 0.4) is 0 Å². The summed E-state index contributed by atoms with van der Waals surface area (Å²) in [6, 6.07) is 7.67. The molecule has 20 heavy (non-hydrogen) atoms. The lowest BCUT2D eigenvalue weighted by atomic mass is 10.1. The first-order chi connectivity index (χ1) is 9.66. The van der Waals surface area contributed by atoms with Crippen LogP contribution in [0.1, 0.15) is 5.56 Å². The van der Waals surface area contributed by atoms with E-state index in [1.54, 1.807) is 28.8 Å². The van der Waals surface area contributed by atoms with Gasteiger partial charge in [-0.2, -0.15) is 5.10 Å². The Labute approximate surface area is 115 Å². The summed E-state index contributed by atoms with van der Waals surface area (Å²) < 4.78 is 3.19. The Hall–Kier alpha value is -2.63. The van der Waals surface area contributed by atoms with Crippen LogP contribution >= 0.6 is 0 Å². The smallest absolute Gasteiger partial charge is 0.264 e. The molecule has 0 aliphatic carbocycles. The van der Waals surface area contributed by atoms with E-state index in [0.29, 0.717) is 24.0 Å². The maximum Gasteiger partial charge on any atom is 0.264 e. The van der Waals surface area contributed by atoms with Gasteiger partial charge in [-0.15, -0.1) is 0 Å². The highest BCUT2D eigenvalue weighted by atomic mass is 16.1. The van der Waals surface area contributed by atoms with Gasteiger partial charge in [0, 0.05) is 19.3 Å². The van der Waals surface area contributed by atoms with Crippen molar-refractivity contribution in [2.75, 3.05) is 5.73 Å². The molecule has 0 amide bonds. The summed E-state index contributed by atoms with van der Waals surface area (Å²) in [5.41, 5.74) is 8.21. The molecule has 3 aromatic rings. The van der Waals surface area contributed by atoms with E-state index in [1.165, 1.54) is 0 Å². The Morgan fingerprint density at radius 3 is 2.90 bits per heavy atom. The van der Waals surface area contributed by atoms with Crippen molar-refractivity contribution in [2.45, 2.75) is 13.0 Å². The maximum absolute atomic E-state index is 12.3. The second-order valence-corrected chi connectivity index (χ2v) is 4.70. The topological polar surface area (TPSA) is 78.7 Å². The fourth-order valence-electron chi connectivity index (χ4n) is 2.23. The van der Waals surface area contributed by atoms with Gasteiger partial charge in [0.15, 0.2) is 5.65 Å². The lowest BCUT2D eigenvalue weighted by Gasteiger charge is -2.07. The number of nitrogens with two attached hydrogens (primary N) is 1. The minimum Gasteiger partial charge on any atom is -0.399 e. The SMILES string of the molecule is Cn1ncc2c(=O)n(CCc3ccccc3N)cnc21. The molecular formula is C14H15N5O.